The van der Waals surface area contributed by atoms with E-state index < -0.39 is 11.6 Å². The van der Waals surface area contributed by atoms with Crippen LogP contribution in [0.25, 0.3) is 11.1 Å². The second-order valence-electron chi connectivity index (χ2n) is 8.07. The molecule has 1 saturated carbocycles. The first-order valence-electron chi connectivity index (χ1n) is 10.8. The molecule has 152 valence electrons. The third-order valence-electron chi connectivity index (χ3n) is 6.01. The average molecular weight is 387 g/mol. The molecule has 0 heterocycles. The molecule has 0 spiro atoms. The summed E-state index contributed by atoms with van der Waals surface area (Å²) in [6.07, 6.45) is 9.84. The number of hydrogen-bond acceptors (Lipinski definition) is 1. The number of rotatable bonds is 8. The van der Waals surface area contributed by atoms with Gasteiger partial charge in [-0.25, -0.2) is 4.39 Å². The highest BCUT2D eigenvalue weighted by atomic mass is 19.2. The zero-order chi connectivity index (χ0) is 19.9. The third-order valence-corrected chi connectivity index (χ3v) is 6.01. The molecule has 2 aromatic rings. The van der Waals surface area contributed by atoms with E-state index in [1.165, 1.54) is 56.6 Å². The van der Waals surface area contributed by atoms with Gasteiger partial charge in [-0.3, -0.25) is 0 Å². The second-order valence-corrected chi connectivity index (χ2v) is 8.07. The molecule has 1 fully saturated rings. The lowest BCUT2D eigenvalue weighted by Gasteiger charge is -2.29. The van der Waals surface area contributed by atoms with Crippen LogP contribution in [0.2, 0.25) is 0 Å². The van der Waals surface area contributed by atoms with Crippen molar-refractivity contribution in [1.82, 2.24) is 0 Å². The van der Waals surface area contributed by atoms with Crippen molar-refractivity contribution in [3.8, 4) is 16.9 Å². The molecule has 2 aromatic carbocycles. The Labute approximate surface area is 168 Å². The van der Waals surface area contributed by atoms with Gasteiger partial charge >= 0.3 is 0 Å². The van der Waals surface area contributed by atoms with Gasteiger partial charge < -0.3 is 4.74 Å². The van der Waals surface area contributed by atoms with Crippen molar-refractivity contribution in [3.05, 3.63) is 53.6 Å². The highest BCUT2D eigenvalue weighted by Crippen LogP contribution is 2.38. The van der Waals surface area contributed by atoms with Gasteiger partial charge in [0.15, 0.2) is 11.6 Å². The largest absolute Gasteiger partial charge is 0.490 e. The van der Waals surface area contributed by atoms with Gasteiger partial charge in [-0.15, -0.1) is 0 Å². The maximum atomic E-state index is 14.5. The molecule has 0 saturated heterocycles. The van der Waals surface area contributed by atoms with Gasteiger partial charge in [0.05, 0.1) is 6.61 Å². The summed E-state index contributed by atoms with van der Waals surface area (Å²) in [5, 5.41) is 0. The number of unbranched alkanes of at least 4 members (excludes halogenated alkanes) is 1. The van der Waals surface area contributed by atoms with Crippen molar-refractivity contribution in [3.63, 3.8) is 0 Å². The van der Waals surface area contributed by atoms with Crippen molar-refractivity contribution in [2.24, 2.45) is 5.92 Å². The molecule has 0 aliphatic heterocycles. The van der Waals surface area contributed by atoms with Crippen LogP contribution in [0, 0.1) is 17.6 Å². The molecule has 0 radical (unpaired) electrons. The number of ether oxygens (including phenoxy) is 1. The molecule has 0 N–H and O–H groups in total. The van der Waals surface area contributed by atoms with E-state index in [1.807, 2.05) is 19.1 Å². The van der Waals surface area contributed by atoms with E-state index in [-0.39, 0.29) is 11.3 Å². The molecular weight excluding hydrogens is 354 g/mol. The summed E-state index contributed by atoms with van der Waals surface area (Å²) in [6.45, 7) is 4.57. The summed E-state index contributed by atoms with van der Waals surface area (Å²) in [4.78, 5) is 0. The summed E-state index contributed by atoms with van der Waals surface area (Å²) >= 11 is 0. The van der Waals surface area contributed by atoms with E-state index in [2.05, 4.69) is 19.1 Å². The van der Waals surface area contributed by atoms with Gasteiger partial charge in [-0.2, -0.15) is 4.39 Å². The predicted octanol–water partition coefficient (Wildman–Crippen LogP) is 7.88. The van der Waals surface area contributed by atoms with Gasteiger partial charge in [0, 0.05) is 5.56 Å². The molecule has 1 aliphatic carbocycles. The smallest absolute Gasteiger partial charge is 0.201 e. The van der Waals surface area contributed by atoms with Crippen LogP contribution >= 0.6 is 0 Å². The van der Waals surface area contributed by atoms with Crippen molar-refractivity contribution >= 4 is 0 Å². The SMILES string of the molecule is CCCCC1CCC(c2ccc(-c3ccc(OCCC)c(F)c3F)cc2)CC1. The van der Waals surface area contributed by atoms with Crippen molar-refractivity contribution < 1.29 is 13.5 Å². The summed E-state index contributed by atoms with van der Waals surface area (Å²) in [5.74, 6) is -0.267. The molecule has 3 rings (SSSR count). The van der Waals surface area contributed by atoms with E-state index in [4.69, 9.17) is 4.74 Å². The second kappa shape index (κ2) is 10.0. The molecule has 1 aliphatic rings. The van der Waals surface area contributed by atoms with Crippen LogP contribution < -0.4 is 4.74 Å². The molecule has 28 heavy (non-hydrogen) atoms. The fourth-order valence-corrected chi connectivity index (χ4v) is 4.29. The first kappa shape index (κ1) is 20.8. The van der Waals surface area contributed by atoms with Gasteiger partial charge in [-0.1, -0.05) is 57.4 Å². The monoisotopic (exact) mass is 386 g/mol. The van der Waals surface area contributed by atoms with E-state index >= 15 is 0 Å². The van der Waals surface area contributed by atoms with Crippen LogP contribution in [0.3, 0.4) is 0 Å². The van der Waals surface area contributed by atoms with Crippen LogP contribution in [-0.4, -0.2) is 6.61 Å². The minimum absolute atomic E-state index is 0.0143. The van der Waals surface area contributed by atoms with Crippen LogP contribution in [0.5, 0.6) is 5.75 Å². The Kier molecular flexibility index (Phi) is 7.47. The Hall–Kier alpha value is -1.90. The van der Waals surface area contributed by atoms with Crippen molar-refractivity contribution in [1.29, 1.82) is 0 Å². The molecule has 0 atom stereocenters. The maximum absolute atomic E-state index is 14.5. The molecular formula is C25H32F2O. The van der Waals surface area contributed by atoms with E-state index in [0.717, 1.165) is 12.3 Å². The normalized spacial score (nSPS) is 19.6. The van der Waals surface area contributed by atoms with Crippen LogP contribution in [0.1, 0.15) is 76.7 Å². The summed E-state index contributed by atoms with van der Waals surface area (Å²) in [7, 11) is 0. The van der Waals surface area contributed by atoms with Gasteiger partial charge in [0.25, 0.3) is 0 Å². The predicted molar refractivity (Wildman–Crippen MR) is 112 cm³/mol. The average Bonchev–Trinajstić information content (AvgIpc) is 2.74. The van der Waals surface area contributed by atoms with E-state index in [0.29, 0.717) is 18.1 Å². The first-order chi connectivity index (χ1) is 13.6. The van der Waals surface area contributed by atoms with Gasteiger partial charge in [-0.05, 0) is 67.2 Å². The topological polar surface area (TPSA) is 9.23 Å². The minimum atomic E-state index is -0.902. The lowest BCUT2D eigenvalue weighted by atomic mass is 9.77. The van der Waals surface area contributed by atoms with E-state index in [1.54, 1.807) is 6.07 Å². The zero-order valence-electron chi connectivity index (χ0n) is 17.1. The Morgan fingerprint density at radius 3 is 2.21 bits per heavy atom. The Morgan fingerprint density at radius 1 is 0.857 bits per heavy atom. The van der Waals surface area contributed by atoms with Crippen LogP contribution in [-0.2, 0) is 0 Å². The number of halogens is 2. The van der Waals surface area contributed by atoms with Crippen molar-refractivity contribution in [2.75, 3.05) is 6.61 Å². The van der Waals surface area contributed by atoms with Gasteiger partial charge in [0.2, 0.25) is 5.82 Å². The number of benzene rings is 2. The Bertz CT molecular complexity index is 746. The highest BCUT2D eigenvalue weighted by Gasteiger charge is 2.22. The molecule has 0 unspecified atom stereocenters. The first-order valence-corrected chi connectivity index (χ1v) is 10.8. The van der Waals surface area contributed by atoms with Gasteiger partial charge in [0.1, 0.15) is 0 Å². The standard InChI is InChI=1S/C25H32F2O/c1-3-5-6-18-7-9-19(10-8-18)20-11-13-21(14-12-20)22-15-16-23(28-17-4-2)25(27)24(22)26/h11-16,18-19H,3-10,17H2,1-2H3. The Morgan fingerprint density at radius 2 is 1.57 bits per heavy atom. The summed E-state index contributed by atoms with van der Waals surface area (Å²) in [5.41, 5.74) is 2.32. The molecule has 0 bridgehead atoms. The lowest BCUT2D eigenvalue weighted by molar-refractivity contribution is 0.295. The molecule has 1 nitrogen and oxygen atoms in total. The van der Waals surface area contributed by atoms with Crippen LogP contribution in [0.4, 0.5) is 8.78 Å². The number of hydrogen-bond donors (Lipinski definition) is 0. The maximum Gasteiger partial charge on any atom is 0.201 e. The van der Waals surface area contributed by atoms with Crippen LogP contribution in [0.15, 0.2) is 36.4 Å². The molecule has 0 amide bonds. The quantitative estimate of drug-likeness (QED) is 0.448. The lowest BCUT2D eigenvalue weighted by Crippen LogP contribution is -2.13. The Balaban J connectivity index is 1.67. The molecule has 0 aromatic heterocycles. The van der Waals surface area contributed by atoms with Crippen molar-refractivity contribution in [2.45, 2.75) is 71.1 Å². The molecule has 3 heteroatoms. The fraction of sp³-hybridized carbons (Fsp3) is 0.520. The highest BCUT2D eigenvalue weighted by molar-refractivity contribution is 5.65. The zero-order valence-corrected chi connectivity index (χ0v) is 17.1. The summed E-state index contributed by atoms with van der Waals surface area (Å²) < 4.78 is 34.1. The fourth-order valence-electron chi connectivity index (χ4n) is 4.29. The third kappa shape index (κ3) is 4.92. The van der Waals surface area contributed by atoms with E-state index in [9.17, 15) is 8.78 Å². The summed E-state index contributed by atoms with van der Waals surface area (Å²) in [6, 6.07) is 11.1. The minimum Gasteiger partial charge on any atom is -0.490 e.